The number of carbonyl (C=O) groups is 1. The summed E-state index contributed by atoms with van der Waals surface area (Å²) < 4.78 is 1.34. The van der Waals surface area contributed by atoms with Crippen LogP contribution in [0.5, 0.6) is 0 Å². The molecular weight excluding hydrogens is 216 g/mol. The number of nitro groups is 1. The number of primary amides is 1. The minimum Gasteiger partial charge on any atom is -0.358 e. The molecule has 0 aliphatic rings. The van der Waals surface area contributed by atoms with E-state index in [0.717, 1.165) is 6.20 Å². The third-order valence-electron chi connectivity index (χ3n) is 1.72. The Morgan fingerprint density at radius 2 is 2.56 bits per heavy atom. The van der Waals surface area contributed by atoms with Crippen molar-refractivity contribution < 1.29 is 9.72 Å². The first-order valence-electron chi connectivity index (χ1n) is 4.34. The van der Waals surface area contributed by atoms with Gasteiger partial charge in [-0.1, -0.05) is 0 Å². The second kappa shape index (κ2) is 4.87. The SMILES string of the molecule is CCn1c([N+](=O)[O-])cnc1C=NNC(N)=O. The Balaban J connectivity index is 2.93. The van der Waals surface area contributed by atoms with E-state index < -0.39 is 11.0 Å². The topological polar surface area (TPSA) is 128 Å². The fraction of sp³-hybridized carbons (Fsp3) is 0.286. The van der Waals surface area contributed by atoms with Crippen molar-refractivity contribution >= 4 is 18.1 Å². The third-order valence-corrected chi connectivity index (χ3v) is 1.72. The Labute approximate surface area is 90.1 Å². The number of hydrogen-bond donors (Lipinski definition) is 2. The Hall–Kier alpha value is -2.45. The lowest BCUT2D eigenvalue weighted by Gasteiger charge is -1.97. The van der Waals surface area contributed by atoms with Gasteiger partial charge in [0.25, 0.3) is 0 Å². The van der Waals surface area contributed by atoms with Crippen LogP contribution < -0.4 is 11.2 Å². The zero-order valence-corrected chi connectivity index (χ0v) is 8.45. The lowest BCUT2D eigenvalue weighted by molar-refractivity contribution is -0.392. The van der Waals surface area contributed by atoms with Gasteiger partial charge in [-0.05, 0) is 11.8 Å². The molecule has 3 N–H and O–H groups in total. The minimum atomic E-state index is -0.819. The van der Waals surface area contributed by atoms with Crippen LogP contribution in [-0.4, -0.2) is 26.7 Å². The third kappa shape index (κ3) is 2.53. The summed E-state index contributed by atoms with van der Waals surface area (Å²) in [5.41, 5.74) is 6.75. The molecule has 0 bridgehead atoms. The Morgan fingerprint density at radius 3 is 3.06 bits per heavy atom. The van der Waals surface area contributed by atoms with E-state index in [0.29, 0.717) is 6.54 Å². The Morgan fingerprint density at radius 1 is 1.88 bits per heavy atom. The first-order valence-corrected chi connectivity index (χ1v) is 4.34. The number of amides is 2. The highest BCUT2D eigenvalue weighted by Gasteiger charge is 2.16. The van der Waals surface area contributed by atoms with Gasteiger partial charge >= 0.3 is 11.8 Å². The molecule has 9 nitrogen and oxygen atoms in total. The van der Waals surface area contributed by atoms with Crippen molar-refractivity contribution in [2.45, 2.75) is 13.5 Å². The molecule has 1 heterocycles. The number of nitrogens with zero attached hydrogens (tertiary/aromatic N) is 4. The number of imidazole rings is 1. The first kappa shape index (κ1) is 11.6. The molecule has 0 fully saturated rings. The number of carbonyl (C=O) groups excluding carboxylic acids is 1. The van der Waals surface area contributed by atoms with Crippen LogP contribution in [0.4, 0.5) is 10.6 Å². The molecule has 0 radical (unpaired) electrons. The van der Waals surface area contributed by atoms with E-state index in [1.54, 1.807) is 6.92 Å². The smallest absolute Gasteiger partial charge is 0.343 e. The van der Waals surface area contributed by atoms with Gasteiger partial charge in [-0.3, -0.25) is 0 Å². The summed E-state index contributed by atoms with van der Waals surface area (Å²) >= 11 is 0. The molecule has 0 saturated carbocycles. The molecule has 16 heavy (non-hydrogen) atoms. The molecule has 0 aromatic carbocycles. The first-order chi connectivity index (χ1) is 7.56. The van der Waals surface area contributed by atoms with E-state index in [2.05, 4.69) is 10.1 Å². The number of urea groups is 1. The number of hydrogen-bond acceptors (Lipinski definition) is 5. The fourth-order valence-electron chi connectivity index (χ4n) is 1.11. The van der Waals surface area contributed by atoms with E-state index in [1.165, 1.54) is 10.8 Å². The number of nitrogens with two attached hydrogens (primary N) is 1. The van der Waals surface area contributed by atoms with Crippen LogP contribution in [0.3, 0.4) is 0 Å². The van der Waals surface area contributed by atoms with Crippen molar-refractivity contribution in [1.82, 2.24) is 15.0 Å². The van der Waals surface area contributed by atoms with Crippen LogP contribution in [0.1, 0.15) is 12.7 Å². The predicted molar refractivity (Wildman–Crippen MR) is 54.9 cm³/mol. The van der Waals surface area contributed by atoms with E-state index in [1.807, 2.05) is 5.43 Å². The maximum atomic E-state index is 10.6. The van der Waals surface area contributed by atoms with Gasteiger partial charge in [-0.25, -0.2) is 19.8 Å². The average Bonchev–Trinajstić information content (AvgIpc) is 2.60. The molecule has 0 atom stereocenters. The van der Waals surface area contributed by atoms with Gasteiger partial charge in [0.1, 0.15) is 12.4 Å². The van der Waals surface area contributed by atoms with Gasteiger partial charge in [-0.2, -0.15) is 5.10 Å². The van der Waals surface area contributed by atoms with Crippen molar-refractivity contribution in [1.29, 1.82) is 0 Å². The van der Waals surface area contributed by atoms with E-state index in [9.17, 15) is 14.9 Å². The zero-order valence-electron chi connectivity index (χ0n) is 8.45. The minimum absolute atomic E-state index is 0.136. The molecule has 1 aromatic rings. The van der Waals surface area contributed by atoms with Gasteiger partial charge in [0, 0.05) is 0 Å². The number of nitrogens with one attached hydrogen (secondary N) is 1. The molecule has 0 unspecified atom stereocenters. The van der Waals surface area contributed by atoms with Crippen LogP contribution in [0, 0.1) is 10.1 Å². The molecule has 0 saturated heterocycles. The zero-order chi connectivity index (χ0) is 12.1. The van der Waals surface area contributed by atoms with E-state index in [-0.39, 0.29) is 11.6 Å². The fourth-order valence-corrected chi connectivity index (χ4v) is 1.11. The summed E-state index contributed by atoms with van der Waals surface area (Å²) in [7, 11) is 0. The van der Waals surface area contributed by atoms with Gasteiger partial charge in [0.15, 0.2) is 0 Å². The van der Waals surface area contributed by atoms with Gasteiger partial charge in [-0.15, -0.1) is 0 Å². The van der Waals surface area contributed by atoms with E-state index >= 15 is 0 Å². The van der Waals surface area contributed by atoms with Crippen molar-refractivity contribution in [3.8, 4) is 0 Å². The quantitative estimate of drug-likeness (QED) is 0.418. The summed E-state index contributed by atoms with van der Waals surface area (Å²) in [6.45, 7) is 2.10. The van der Waals surface area contributed by atoms with Crippen LogP contribution in [0.2, 0.25) is 0 Å². The summed E-state index contributed by atoms with van der Waals surface area (Å²) in [4.78, 5) is 24.1. The van der Waals surface area contributed by atoms with Crippen LogP contribution >= 0.6 is 0 Å². The monoisotopic (exact) mass is 226 g/mol. The Bertz CT molecular complexity index is 437. The summed E-state index contributed by atoms with van der Waals surface area (Å²) in [6.07, 6.45) is 2.30. The molecule has 9 heteroatoms. The van der Waals surface area contributed by atoms with Crippen molar-refractivity contribution in [2.24, 2.45) is 10.8 Å². The summed E-state index contributed by atoms with van der Waals surface area (Å²) in [5.74, 6) is 0.131. The van der Waals surface area contributed by atoms with Gasteiger partial charge in [0.05, 0.1) is 6.54 Å². The second-order valence-electron chi connectivity index (χ2n) is 2.71. The maximum Gasteiger partial charge on any atom is 0.343 e. The predicted octanol–water partition coefficient (Wildman–Crippen LogP) is -0.187. The Kier molecular flexibility index (Phi) is 3.53. The number of rotatable bonds is 4. The highest BCUT2D eigenvalue weighted by molar-refractivity contribution is 5.78. The summed E-state index contributed by atoms with van der Waals surface area (Å²) in [6, 6.07) is -0.819. The highest BCUT2D eigenvalue weighted by Crippen LogP contribution is 2.12. The standard InChI is InChI=1S/C7H10N6O3/c1-2-12-5(3-10-11-7(8)14)9-4-6(12)13(15)16/h3-4H,2H2,1H3,(H3,8,11,14). The largest absolute Gasteiger partial charge is 0.358 e. The van der Waals surface area contributed by atoms with Crippen LogP contribution in [-0.2, 0) is 6.54 Å². The van der Waals surface area contributed by atoms with Crippen molar-refractivity contribution in [2.75, 3.05) is 0 Å². The summed E-state index contributed by atoms with van der Waals surface area (Å²) in [5, 5.41) is 14.1. The van der Waals surface area contributed by atoms with Crippen molar-refractivity contribution in [3.05, 3.63) is 22.1 Å². The molecule has 1 aromatic heterocycles. The van der Waals surface area contributed by atoms with Crippen LogP contribution in [0.25, 0.3) is 0 Å². The second-order valence-corrected chi connectivity index (χ2v) is 2.71. The molecule has 1 rings (SSSR count). The molecule has 0 aliphatic carbocycles. The molecule has 0 spiro atoms. The lowest BCUT2D eigenvalue weighted by Crippen LogP contribution is -2.24. The van der Waals surface area contributed by atoms with Crippen LogP contribution in [0.15, 0.2) is 11.3 Å². The lowest BCUT2D eigenvalue weighted by atomic mass is 10.6. The molecule has 0 aliphatic heterocycles. The average molecular weight is 226 g/mol. The normalized spacial score (nSPS) is 10.6. The molecule has 2 amide bonds. The highest BCUT2D eigenvalue weighted by atomic mass is 16.6. The number of hydrazone groups is 1. The van der Waals surface area contributed by atoms with Gasteiger partial charge < -0.3 is 15.8 Å². The van der Waals surface area contributed by atoms with Crippen molar-refractivity contribution in [3.63, 3.8) is 0 Å². The molecule has 86 valence electrons. The van der Waals surface area contributed by atoms with Gasteiger partial charge in [0.2, 0.25) is 5.82 Å². The van der Waals surface area contributed by atoms with E-state index in [4.69, 9.17) is 5.73 Å². The molecular formula is C7H10N6O3. The maximum absolute atomic E-state index is 10.6. The number of aromatic nitrogens is 2.